The summed E-state index contributed by atoms with van der Waals surface area (Å²) in [5, 5.41) is 9.30. The van der Waals surface area contributed by atoms with E-state index in [-0.39, 0.29) is 0 Å². The molecule has 3 atom stereocenters. The topological polar surface area (TPSA) is 49.5 Å². The van der Waals surface area contributed by atoms with Gasteiger partial charge in [0.2, 0.25) is 0 Å². The molecular weight excluding hydrogens is 188 g/mol. The molecule has 3 unspecified atom stereocenters. The van der Waals surface area contributed by atoms with Crippen LogP contribution in [0.15, 0.2) is 0 Å². The Bertz CT molecular complexity index is 198. The van der Waals surface area contributed by atoms with Gasteiger partial charge in [-0.3, -0.25) is 4.90 Å². The van der Waals surface area contributed by atoms with E-state index >= 15 is 0 Å². The standard InChI is InChI=1S/C12H24N2O/c13-6-5-10-3-4-11(8-10)14-7-1-2-12(14)9-15/h10-12,15H,1-9,13H2. The van der Waals surface area contributed by atoms with E-state index in [0.717, 1.165) is 18.5 Å². The van der Waals surface area contributed by atoms with Crippen LogP contribution in [-0.4, -0.2) is 41.8 Å². The summed E-state index contributed by atoms with van der Waals surface area (Å²) in [4.78, 5) is 2.55. The Morgan fingerprint density at radius 3 is 2.87 bits per heavy atom. The summed E-state index contributed by atoms with van der Waals surface area (Å²) in [6, 6.07) is 1.19. The van der Waals surface area contributed by atoms with Gasteiger partial charge in [-0.15, -0.1) is 0 Å². The average molecular weight is 212 g/mol. The molecule has 0 amide bonds. The molecule has 1 saturated carbocycles. The van der Waals surface area contributed by atoms with Gasteiger partial charge in [0.05, 0.1) is 6.61 Å². The first-order chi connectivity index (χ1) is 7.35. The molecule has 1 heterocycles. The van der Waals surface area contributed by atoms with E-state index in [1.54, 1.807) is 0 Å². The van der Waals surface area contributed by atoms with E-state index in [1.807, 2.05) is 0 Å². The van der Waals surface area contributed by atoms with Crippen LogP contribution >= 0.6 is 0 Å². The van der Waals surface area contributed by atoms with Gasteiger partial charge in [-0.2, -0.15) is 0 Å². The van der Waals surface area contributed by atoms with Crippen molar-refractivity contribution in [2.75, 3.05) is 19.7 Å². The van der Waals surface area contributed by atoms with Crippen LogP contribution in [0.25, 0.3) is 0 Å². The predicted molar refractivity (Wildman–Crippen MR) is 61.6 cm³/mol. The van der Waals surface area contributed by atoms with Crippen LogP contribution in [-0.2, 0) is 0 Å². The summed E-state index contributed by atoms with van der Waals surface area (Å²) in [6.07, 6.45) is 7.62. The number of hydrogen-bond acceptors (Lipinski definition) is 3. The van der Waals surface area contributed by atoms with Crippen LogP contribution in [0.4, 0.5) is 0 Å². The van der Waals surface area contributed by atoms with Crippen molar-refractivity contribution in [2.45, 2.75) is 50.6 Å². The van der Waals surface area contributed by atoms with Crippen LogP contribution in [0.1, 0.15) is 38.5 Å². The van der Waals surface area contributed by atoms with Gasteiger partial charge in [0.25, 0.3) is 0 Å². The minimum atomic E-state index is 0.345. The monoisotopic (exact) mass is 212 g/mol. The summed E-state index contributed by atoms with van der Waals surface area (Å²) < 4.78 is 0. The fraction of sp³-hybridized carbons (Fsp3) is 1.00. The highest BCUT2D eigenvalue weighted by Gasteiger charge is 2.34. The molecule has 15 heavy (non-hydrogen) atoms. The lowest BCUT2D eigenvalue weighted by Crippen LogP contribution is -2.39. The van der Waals surface area contributed by atoms with Crippen LogP contribution in [0.2, 0.25) is 0 Å². The number of likely N-dealkylation sites (tertiary alicyclic amines) is 1. The highest BCUT2D eigenvalue weighted by atomic mass is 16.3. The Labute approximate surface area is 92.6 Å². The molecule has 0 aromatic heterocycles. The van der Waals surface area contributed by atoms with E-state index in [0.29, 0.717) is 12.6 Å². The largest absolute Gasteiger partial charge is 0.395 e. The van der Waals surface area contributed by atoms with Gasteiger partial charge in [-0.25, -0.2) is 0 Å². The third-order valence-corrected chi connectivity index (χ3v) is 4.19. The highest BCUT2D eigenvalue weighted by molar-refractivity contribution is 4.89. The van der Waals surface area contributed by atoms with Crippen molar-refractivity contribution in [2.24, 2.45) is 11.7 Å². The zero-order chi connectivity index (χ0) is 10.7. The van der Waals surface area contributed by atoms with Gasteiger partial charge < -0.3 is 10.8 Å². The number of rotatable bonds is 4. The molecule has 1 saturated heterocycles. The van der Waals surface area contributed by atoms with Gasteiger partial charge in [0.1, 0.15) is 0 Å². The Hall–Kier alpha value is -0.120. The van der Waals surface area contributed by atoms with Crippen molar-refractivity contribution in [3.05, 3.63) is 0 Å². The summed E-state index contributed by atoms with van der Waals surface area (Å²) in [7, 11) is 0. The first kappa shape index (κ1) is 11.4. The fourth-order valence-corrected chi connectivity index (χ4v) is 3.38. The summed E-state index contributed by atoms with van der Waals surface area (Å²) in [5.74, 6) is 0.847. The van der Waals surface area contributed by atoms with Crippen LogP contribution in [0, 0.1) is 5.92 Å². The summed E-state index contributed by atoms with van der Waals surface area (Å²) in [5.41, 5.74) is 5.61. The van der Waals surface area contributed by atoms with E-state index in [1.165, 1.54) is 45.1 Å². The molecule has 0 bridgehead atoms. The van der Waals surface area contributed by atoms with Crippen molar-refractivity contribution in [1.82, 2.24) is 4.90 Å². The molecule has 0 aromatic carbocycles. The summed E-state index contributed by atoms with van der Waals surface area (Å²) in [6.45, 7) is 2.38. The van der Waals surface area contributed by atoms with Gasteiger partial charge in [-0.1, -0.05) is 0 Å². The Balaban J connectivity index is 1.84. The van der Waals surface area contributed by atoms with Crippen LogP contribution in [0.3, 0.4) is 0 Å². The smallest absolute Gasteiger partial charge is 0.0586 e. The maximum atomic E-state index is 9.30. The van der Waals surface area contributed by atoms with E-state index in [4.69, 9.17) is 5.73 Å². The number of aliphatic hydroxyl groups excluding tert-OH is 1. The first-order valence-electron chi connectivity index (χ1n) is 6.41. The third kappa shape index (κ3) is 2.52. The third-order valence-electron chi connectivity index (χ3n) is 4.19. The SMILES string of the molecule is NCCC1CCC(N2CCCC2CO)C1. The lowest BCUT2D eigenvalue weighted by atomic mass is 10.0. The van der Waals surface area contributed by atoms with E-state index in [9.17, 15) is 5.11 Å². The van der Waals surface area contributed by atoms with Crippen molar-refractivity contribution in [1.29, 1.82) is 0 Å². The lowest BCUT2D eigenvalue weighted by molar-refractivity contribution is 0.118. The van der Waals surface area contributed by atoms with Gasteiger partial charge in [0, 0.05) is 12.1 Å². The predicted octanol–water partition coefficient (Wildman–Crippen LogP) is 0.961. The molecule has 0 radical (unpaired) electrons. The first-order valence-corrected chi connectivity index (χ1v) is 6.41. The molecule has 0 aromatic rings. The molecule has 3 heteroatoms. The Kier molecular flexibility index (Phi) is 4.00. The lowest BCUT2D eigenvalue weighted by Gasteiger charge is -2.29. The molecule has 88 valence electrons. The average Bonchev–Trinajstić information content (AvgIpc) is 2.84. The highest BCUT2D eigenvalue weighted by Crippen LogP contribution is 2.34. The zero-order valence-corrected chi connectivity index (χ0v) is 9.57. The minimum absolute atomic E-state index is 0.345. The maximum absolute atomic E-state index is 9.30. The summed E-state index contributed by atoms with van der Waals surface area (Å²) >= 11 is 0. The molecule has 2 rings (SSSR count). The van der Waals surface area contributed by atoms with E-state index < -0.39 is 0 Å². The van der Waals surface area contributed by atoms with Crippen molar-refractivity contribution in [3.63, 3.8) is 0 Å². The second kappa shape index (κ2) is 5.28. The van der Waals surface area contributed by atoms with Crippen molar-refractivity contribution < 1.29 is 5.11 Å². The number of nitrogens with two attached hydrogens (primary N) is 1. The maximum Gasteiger partial charge on any atom is 0.0586 e. The molecule has 3 N–H and O–H groups in total. The van der Waals surface area contributed by atoms with Crippen molar-refractivity contribution in [3.8, 4) is 0 Å². The quantitative estimate of drug-likeness (QED) is 0.730. The second-order valence-electron chi connectivity index (χ2n) is 5.13. The number of hydrogen-bond donors (Lipinski definition) is 2. The Morgan fingerprint density at radius 2 is 2.13 bits per heavy atom. The molecule has 3 nitrogen and oxygen atoms in total. The number of nitrogens with zero attached hydrogens (tertiary/aromatic N) is 1. The van der Waals surface area contributed by atoms with Gasteiger partial charge in [0.15, 0.2) is 0 Å². The molecule has 2 fully saturated rings. The van der Waals surface area contributed by atoms with E-state index in [2.05, 4.69) is 4.90 Å². The number of aliphatic hydroxyl groups is 1. The van der Waals surface area contributed by atoms with Gasteiger partial charge >= 0.3 is 0 Å². The van der Waals surface area contributed by atoms with Gasteiger partial charge in [-0.05, 0) is 57.5 Å². The molecule has 0 spiro atoms. The normalized spacial score (nSPS) is 37.6. The molecular formula is C12H24N2O. The Morgan fingerprint density at radius 1 is 1.27 bits per heavy atom. The zero-order valence-electron chi connectivity index (χ0n) is 9.57. The van der Waals surface area contributed by atoms with Crippen molar-refractivity contribution >= 4 is 0 Å². The molecule has 2 aliphatic rings. The van der Waals surface area contributed by atoms with Crippen LogP contribution < -0.4 is 5.73 Å². The second-order valence-corrected chi connectivity index (χ2v) is 5.13. The minimum Gasteiger partial charge on any atom is -0.395 e. The molecule has 1 aliphatic heterocycles. The fourth-order valence-electron chi connectivity index (χ4n) is 3.38. The molecule has 1 aliphatic carbocycles. The van der Waals surface area contributed by atoms with Crippen LogP contribution in [0.5, 0.6) is 0 Å².